The summed E-state index contributed by atoms with van der Waals surface area (Å²) >= 11 is 5.64. The summed E-state index contributed by atoms with van der Waals surface area (Å²) in [6.07, 6.45) is 2.83. The summed E-state index contributed by atoms with van der Waals surface area (Å²) in [5.74, 6) is 3.02. The highest BCUT2D eigenvalue weighted by Crippen LogP contribution is 2.32. The zero-order valence-electron chi connectivity index (χ0n) is 10.1. The Morgan fingerprint density at radius 3 is 3.12 bits per heavy atom. The number of hydrogen-bond donors (Lipinski definition) is 1. The summed E-state index contributed by atoms with van der Waals surface area (Å²) in [5.41, 5.74) is 0. The van der Waals surface area contributed by atoms with Gasteiger partial charge in [-0.1, -0.05) is 6.92 Å². The van der Waals surface area contributed by atoms with Crippen LogP contribution in [-0.4, -0.2) is 41.1 Å². The maximum atomic E-state index is 4.40. The minimum Gasteiger partial charge on any atom is -0.372 e. The molecule has 4 nitrogen and oxygen atoms in total. The van der Waals surface area contributed by atoms with Crippen molar-refractivity contribution in [1.29, 1.82) is 0 Å². The van der Waals surface area contributed by atoms with Gasteiger partial charge in [0.05, 0.1) is 0 Å². The molecule has 6 heteroatoms. The summed E-state index contributed by atoms with van der Waals surface area (Å²) in [5, 5.41) is 3.78. The van der Waals surface area contributed by atoms with Gasteiger partial charge in [0.25, 0.3) is 0 Å². The number of rotatable bonds is 3. The van der Waals surface area contributed by atoms with Gasteiger partial charge in [0, 0.05) is 31.1 Å². The average Bonchev–Trinajstić information content (AvgIpc) is 2.39. The molecule has 1 aliphatic heterocycles. The second kappa shape index (κ2) is 5.91. The highest BCUT2D eigenvalue weighted by Gasteiger charge is 2.22. The number of thioether (sulfide) groups is 1. The Morgan fingerprint density at radius 1 is 1.59 bits per heavy atom. The number of aromatic nitrogens is 2. The van der Waals surface area contributed by atoms with Gasteiger partial charge in [0.2, 0.25) is 0 Å². The third-order valence-corrected chi connectivity index (χ3v) is 5.00. The van der Waals surface area contributed by atoms with Gasteiger partial charge in [-0.3, -0.25) is 0 Å². The van der Waals surface area contributed by atoms with E-state index in [1.807, 2.05) is 7.05 Å². The van der Waals surface area contributed by atoms with Crippen molar-refractivity contribution in [2.75, 3.05) is 36.1 Å². The van der Waals surface area contributed by atoms with Gasteiger partial charge in [-0.2, -0.15) is 11.8 Å². The lowest BCUT2D eigenvalue weighted by molar-refractivity contribution is 0.717. The predicted molar refractivity (Wildman–Crippen MR) is 78.0 cm³/mol. The zero-order chi connectivity index (χ0) is 12.3. The Labute approximate surface area is 115 Å². The Bertz CT molecular complexity index is 388. The number of anilines is 2. The summed E-state index contributed by atoms with van der Waals surface area (Å²) in [6, 6.07) is 0. The Morgan fingerprint density at radius 2 is 2.41 bits per heavy atom. The summed E-state index contributed by atoms with van der Waals surface area (Å²) in [7, 11) is 1.87. The monoisotopic (exact) mass is 316 g/mol. The van der Waals surface area contributed by atoms with Crippen LogP contribution >= 0.6 is 27.7 Å². The summed E-state index contributed by atoms with van der Waals surface area (Å²) in [4.78, 5) is 10.9. The zero-order valence-corrected chi connectivity index (χ0v) is 12.5. The maximum Gasteiger partial charge on any atom is 0.148 e. The lowest BCUT2D eigenvalue weighted by Gasteiger charge is -2.33. The van der Waals surface area contributed by atoms with E-state index in [1.165, 1.54) is 12.2 Å². The number of halogens is 1. The van der Waals surface area contributed by atoms with E-state index in [2.05, 4.69) is 54.8 Å². The molecule has 1 aliphatic rings. The van der Waals surface area contributed by atoms with Crippen LogP contribution in [0.3, 0.4) is 0 Å². The van der Waals surface area contributed by atoms with E-state index >= 15 is 0 Å². The third-order valence-electron chi connectivity index (χ3n) is 2.90. The molecule has 2 heterocycles. The third kappa shape index (κ3) is 2.85. The van der Waals surface area contributed by atoms with E-state index in [0.717, 1.165) is 29.2 Å². The Balaban J connectivity index is 2.21. The first-order valence-corrected chi connectivity index (χ1v) is 7.65. The number of hydrogen-bond acceptors (Lipinski definition) is 5. The van der Waals surface area contributed by atoms with Crippen molar-refractivity contribution in [3.63, 3.8) is 0 Å². The molecule has 1 aromatic heterocycles. The SMILES string of the molecule is CCC1CN(c2ncnc(NC)c2Br)CCS1. The molecular formula is C11H17BrN4S. The van der Waals surface area contributed by atoms with Crippen LogP contribution in [0.5, 0.6) is 0 Å². The van der Waals surface area contributed by atoms with Crippen molar-refractivity contribution in [1.82, 2.24) is 9.97 Å². The largest absolute Gasteiger partial charge is 0.372 e. The van der Waals surface area contributed by atoms with E-state index in [9.17, 15) is 0 Å². The average molecular weight is 317 g/mol. The molecule has 1 atom stereocenters. The topological polar surface area (TPSA) is 41.1 Å². The molecule has 1 N–H and O–H groups in total. The van der Waals surface area contributed by atoms with Crippen molar-refractivity contribution in [3.8, 4) is 0 Å². The van der Waals surface area contributed by atoms with Crippen LogP contribution in [0.2, 0.25) is 0 Å². The Kier molecular flexibility index (Phi) is 4.50. The Hall–Kier alpha value is -0.490. The molecule has 0 aromatic carbocycles. The van der Waals surface area contributed by atoms with Crippen LogP contribution in [0.1, 0.15) is 13.3 Å². The fraction of sp³-hybridized carbons (Fsp3) is 0.636. The first kappa shape index (κ1) is 13.0. The van der Waals surface area contributed by atoms with Crippen molar-refractivity contribution < 1.29 is 0 Å². The highest BCUT2D eigenvalue weighted by molar-refractivity contribution is 9.10. The molecule has 0 aliphatic carbocycles. The van der Waals surface area contributed by atoms with Crippen LogP contribution in [0.25, 0.3) is 0 Å². The van der Waals surface area contributed by atoms with Crippen LogP contribution in [0.15, 0.2) is 10.8 Å². The van der Waals surface area contributed by atoms with Gasteiger partial charge < -0.3 is 10.2 Å². The normalized spacial score (nSPS) is 20.4. The first-order chi connectivity index (χ1) is 8.26. The van der Waals surface area contributed by atoms with E-state index in [0.29, 0.717) is 5.25 Å². The molecule has 1 saturated heterocycles. The van der Waals surface area contributed by atoms with Gasteiger partial charge in [-0.05, 0) is 22.4 Å². The van der Waals surface area contributed by atoms with Gasteiger partial charge in [-0.15, -0.1) is 0 Å². The van der Waals surface area contributed by atoms with E-state index < -0.39 is 0 Å². The minimum atomic E-state index is 0.712. The standard InChI is InChI=1S/C11H17BrN4S/c1-3-8-6-16(4-5-17-8)11-9(12)10(13-2)14-7-15-11/h7-8H,3-6H2,1-2H3,(H,13,14,15). The van der Waals surface area contributed by atoms with Crippen LogP contribution < -0.4 is 10.2 Å². The van der Waals surface area contributed by atoms with Crippen molar-refractivity contribution >= 4 is 39.3 Å². The molecular weight excluding hydrogens is 300 g/mol. The van der Waals surface area contributed by atoms with Crippen LogP contribution in [-0.2, 0) is 0 Å². The molecule has 0 amide bonds. The lowest BCUT2D eigenvalue weighted by atomic mass is 10.3. The highest BCUT2D eigenvalue weighted by atomic mass is 79.9. The molecule has 0 spiro atoms. The van der Waals surface area contributed by atoms with Gasteiger partial charge in [0.1, 0.15) is 22.4 Å². The molecule has 2 rings (SSSR count). The second-order valence-electron chi connectivity index (χ2n) is 3.96. The number of nitrogens with one attached hydrogen (secondary N) is 1. The summed E-state index contributed by atoms with van der Waals surface area (Å²) in [6.45, 7) is 4.37. The van der Waals surface area contributed by atoms with Gasteiger partial charge >= 0.3 is 0 Å². The molecule has 1 unspecified atom stereocenters. The van der Waals surface area contributed by atoms with Gasteiger partial charge in [-0.25, -0.2) is 9.97 Å². The number of nitrogens with zero attached hydrogens (tertiary/aromatic N) is 3. The minimum absolute atomic E-state index is 0.712. The lowest BCUT2D eigenvalue weighted by Crippen LogP contribution is -2.38. The molecule has 0 saturated carbocycles. The van der Waals surface area contributed by atoms with E-state index in [-0.39, 0.29) is 0 Å². The maximum absolute atomic E-state index is 4.40. The van der Waals surface area contributed by atoms with Crippen molar-refractivity contribution in [3.05, 3.63) is 10.8 Å². The molecule has 17 heavy (non-hydrogen) atoms. The smallest absolute Gasteiger partial charge is 0.148 e. The van der Waals surface area contributed by atoms with Crippen LogP contribution in [0, 0.1) is 0 Å². The fourth-order valence-electron chi connectivity index (χ4n) is 1.91. The van der Waals surface area contributed by atoms with E-state index in [4.69, 9.17) is 0 Å². The molecule has 94 valence electrons. The molecule has 0 bridgehead atoms. The first-order valence-electron chi connectivity index (χ1n) is 5.81. The quantitative estimate of drug-likeness (QED) is 0.928. The van der Waals surface area contributed by atoms with Crippen molar-refractivity contribution in [2.45, 2.75) is 18.6 Å². The molecule has 1 aromatic rings. The van der Waals surface area contributed by atoms with Gasteiger partial charge in [0.15, 0.2) is 0 Å². The fourth-order valence-corrected chi connectivity index (χ4v) is 3.75. The second-order valence-corrected chi connectivity index (χ2v) is 6.16. The van der Waals surface area contributed by atoms with Crippen molar-refractivity contribution in [2.24, 2.45) is 0 Å². The molecule has 0 radical (unpaired) electrons. The van der Waals surface area contributed by atoms with Crippen LogP contribution in [0.4, 0.5) is 11.6 Å². The predicted octanol–water partition coefficient (Wildman–Crippen LogP) is 2.61. The summed E-state index contributed by atoms with van der Waals surface area (Å²) < 4.78 is 0.962. The molecule has 1 fully saturated rings. The van der Waals surface area contributed by atoms with E-state index in [1.54, 1.807) is 6.33 Å².